The fourth-order valence-electron chi connectivity index (χ4n) is 13.7. The zero-order valence-corrected chi connectivity index (χ0v) is 58.7. The summed E-state index contributed by atoms with van der Waals surface area (Å²) < 4.78 is 6.06. The first-order chi connectivity index (χ1) is 41.4. The van der Waals surface area contributed by atoms with E-state index in [1.165, 1.54) is 231 Å². The van der Waals surface area contributed by atoms with Crippen molar-refractivity contribution < 1.29 is 34.8 Å². The second kappa shape index (κ2) is 60.5. The molecule has 0 rings (SSSR count). The summed E-state index contributed by atoms with van der Waals surface area (Å²) in [6, 6.07) is 0. The fraction of sp³-hybridized carbons (Fsp3) is 0.974. The molecule has 0 saturated carbocycles. The minimum atomic E-state index is -2.34. The highest BCUT2D eigenvalue weighted by Gasteiger charge is 2.59. The predicted octanol–water partition coefficient (Wildman–Crippen LogP) is 24.8. The summed E-state index contributed by atoms with van der Waals surface area (Å²) in [5.74, 6) is -2.26. The van der Waals surface area contributed by atoms with Crippen molar-refractivity contribution in [1.29, 1.82) is 0 Å². The quantitative estimate of drug-likeness (QED) is 0.0272. The van der Waals surface area contributed by atoms with Crippen LogP contribution in [0.3, 0.4) is 0 Å². The lowest BCUT2D eigenvalue weighted by Crippen LogP contribution is -2.64. The third-order valence-corrected chi connectivity index (χ3v) is 20.0. The van der Waals surface area contributed by atoms with Crippen LogP contribution < -0.4 is 0 Å². The van der Waals surface area contributed by atoms with Gasteiger partial charge in [-0.1, -0.05) is 414 Å². The molecular formula is C78H154O7. The maximum atomic E-state index is 15.3. The summed E-state index contributed by atoms with van der Waals surface area (Å²) in [7, 11) is 0. The van der Waals surface area contributed by atoms with Crippen LogP contribution in [0.15, 0.2) is 0 Å². The Hall–Kier alpha value is -1.02. The van der Waals surface area contributed by atoms with Crippen LogP contribution in [0, 0.1) is 0 Å². The predicted molar refractivity (Wildman–Crippen MR) is 370 cm³/mol. The first-order valence-corrected chi connectivity index (χ1v) is 39.1. The normalized spacial score (nSPS) is 13.6. The van der Waals surface area contributed by atoms with Gasteiger partial charge in [0.2, 0.25) is 0 Å². The Morgan fingerprint density at radius 2 is 0.318 bits per heavy atom. The maximum Gasteiger partial charge on any atom is 0.348 e. The van der Waals surface area contributed by atoms with Crippen LogP contribution in [0.2, 0.25) is 0 Å². The van der Waals surface area contributed by atoms with Crippen LogP contribution >= 0.6 is 0 Å². The Labute approximate surface area is 531 Å². The molecule has 7 heteroatoms. The molecule has 0 aliphatic rings. The van der Waals surface area contributed by atoms with E-state index in [9.17, 15) is 20.4 Å². The van der Waals surface area contributed by atoms with E-state index in [0.29, 0.717) is 38.5 Å². The number of ether oxygens (including phenoxy) is 1. The third-order valence-electron chi connectivity index (χ3n) is 20.0. The van der Waals surface area contributed by atoms with E-state index in [-0.39, 0.29) is 38.5 Å². The summed E-state index contributed by atoms with van der Waals surface area (Å²) in [5, 5.41) is 53.0. The van der Waals surface area contributed by atoms with Crippen LogP contribution in [-0.2, 0) is 14.3 Å². The van der Waals surface area contributed by atoms with Crippen molar-refractivity contribution in [3.05, 3.63) is 0 Å². The van der Waals surface area contributed by atoms with Gasteiger partial charge in [0.25, 0.3) is 0 Å². The molecule has 2 atom stereocenters. The van der Waals surface area contributed by atoms with Gasteiger partial charge >= 0.3 is 11.9 Å². The molecule has 0 heterocycles. The number of aliphatic hydroxyl groups is 4. The van der Waals surface area contributed by atoms with Crippen LogP contribution in [0.1, 0.15) is 465 Å². The topological polar surface area (TPSA) is 124 Å². The molecule has 508 valence electrons. The second-order valence-corrected chi connectivity index (χ2v) is 28.1. The lowest BCUT2D eigenvalue weighted by atomic mass is 9.71. The molecule has 0 aromatic heterocycles. The van der Waals surface area contributed by atoms with E-state index in [2.05, 4.69) is 41.5 Å². The summed E-state index contributed by atoms with van der Waals surface area (Å²) in [5.41, 5.74) is -8.29. The fourth-order valence-corrected chi connectivity index (χ4v) is 13.7. The maximum absolute atomic E-state index is 15.3. The van der Waals surface area contributed by atoms with Gasteiger partial charge in [0, 0.05) is 0 Å². The van der Waals surface area contributed by atoms with Crippen molar-refractivity contribution in [3.8, 4) is 0 Å². The Bertz CT molecular complexity index is 1250. The van der Waals surface area contributed by atoms with E-state index in [4.69, 9.17) is 4.74 Å². The molecule has 4 N–H and O–H groups in total. The molecule has 0 spiro atoms. The van der Waals surface area contributed by atoms with Gasteiger partial charge in [-0.3, -0.25) is 0 Å². The summed E-state index contributed by atoms with van der Waals surface area (Å²) in [6.07, 6.45) is 68.1. The van der Waals surface area contributed by atoms with Crippen molar-refractivity contribution in [2.45, 2.75) is 488 Å². The number of carbonyl (C=O) groups is 2. The minimum absolute atomic E-state index is 0.0000179. The molecule has 0 aromatic rings. The van der Waals surface area contributed by atoms with Gasteiger partial charge in [-0.05, 0) is 51.4 Å². The van der Waals surface area contributed by atoms with Gasteiger partial charge in [-0.15, -0.1) is 0 Å². The number of esters is 2. The third kappa shape index (κ3) is 44.2. The van der Waals surface area contributed by atoms with E-state index in [0.717, 1.165) is 116 Å². The van der Waals surface area contributed by atoms with Crippen molar-refractivity contribution in [2.24, 2.45) is 0 Å². The average molecular weight is 1200 g/mol. The minimum Gasteiger partial charge on any atom is -0.389 e. The van der Waals surface area contributed by atoms with Gasteiger partial charge in [0.05, 0.1) is 0 Å². The summed E-state index contributed by atoms with van der Waals surface area (Å²) in [6.45, 7) is 13.5. The number of rotatable bonds is 70. The molecule has 0 amide bonds. The van der Waals surface area contributed by atoms with Crippen LogP contribution in [-0.4, -0.2) is 54.8 Å². The smallest absolute Gasteiger partial charge is 0.348 e. The Morgan fingerprint density at radius 3 is 0.459 bits per heavy atom. The van der Waals surface area contributed by atoms with Crippen LogP contribution in [0.4, 0.5) is 0 Å². The first kappa shape index (κ1) is 84.0. The van der Waals surface area contributed by atoms with E-state index < -0.39 is 34.3 Å². The van der Waals surface area contributed by atoms with E-state index in [1.54, 1.807) is 0 Å². The van der Waals surface area contributed by atoms with Gasteiger partial charge in [-0.2, -0.15) is 0 Å². The zero-order chi connectivity index (χ0) is 62.5. The molecule has 0 aliphatic carbocycles. The number of unbranched alkanes of at least 4 members (excludes halogenated alkanes) is 54. The molecule has 0 radical (unpaired) electrons. The molecule has 0 aliphatic heterocycles. The van der Waals surface area contributed by atoms with Crippen molar-refractivity contribution >= 4 is 11.9 Å². The van der Waals surface area contributed by atoms with Crippen LogP contribution in [0.5, 0.6) is 0 Å². The lowest BCUT2D eigenvalue weighted by Gasteiger charge is -2.44. The highest BCUT2D eigenvalue weighted by molar-refractivity contribution is 5.95. The molecule has 7 nitrogen and oxygen atoms in total. The molecule has 0 bridgehead atoms. The molecule has 0 aromatic carbocycles. The molecule has 0 saturated heterocycles. The van der Waals surface area contributed by atoms with E-state index >= 15 is 9.59 Å². The Balaban J connectivity index is 7.07. The van der Waals surface area contributed by atoms with Crippen LogP contribution in [0.25, 0.3) is 0 Å². The van der Waals surface area contributed by atoms with Gasteiger partial charge in [-0.25, -0.2) is 9.59 Å². The monoisotopic (exact) mass is 1200 g/mol. The van der Waals surface area contributed by atoms with Crippen molar-refractivity contribution in [1.82, 2.24) is 0 Å². The van der Waals surface area contributed by atoms with Gasteiger partial charge in [0.1, 0.15) is 11.2 Å². The van der Waals surface area contributed by atoms with Gasteiger partial charge < -0.3 is 25.2 Å². The molecular weight excluding hydrogens is 1050 g/mol. The number of hydrogen-bond acceptors (Lipinski definition) is 7. The lowest BCUT2D eigenvalue weighted by molar-refractivity contribution is -0.223. The largest absolute Gasteiger partial charge is 0.389 e. The Kier molecular flexibility index (Phi) is 59.8. The number of carbonyl (C=O) groups excluding carboxylic acids is 2. The first-order valence-electron chi connectivity index (χ1n) is 39.1. The van der Waals surface area contributed by atoms with E-state index in [1.807, 2.05) is 0 Å². The average Bonchev–Trinajstić information content (AvgIpc) is 1.50. The SMILES string of the molecule is CCCCCCCCCCCCC(O)(CCCCCCCCCCCC)C(O)(CCCCCCCCCCCC)C(=O)OC(=O)C(O)(CCCCCCCCCCCC)C(O)(CCCCCCCCCCCC)CCCCCCCCCCCC. The van der Waals surface area contributed by atoms with Crippen molar-refractivity contribution in [2.75, 3.05) is 0 Å². The number of hydrogen-bond donors (Lipinski definition) is 4. The van der Waals surface area contributed by atoms with Crippen molar-refractivity contribution in [3.63, 3.8) is 0 Å². The molecule has 85 heavy (non-hydrogen) atoms. The highest BCUT2D eigenvalue weighted by Crippen LogP contribution is 2.42. The Morgan fingerprint density at radius 1 is 0.200 bits per heavy atom. The molecule has 0 fully saturated rings. The second-order valence-electron chi connectivity index (χ2n) is 28.1. The standard InChI is InChI=1S/C78H154O7/c1-7-13-19-25-31-37-43-49-55-61-67-75(81,68-62-56-50-44-38-32-26-20-14-8-2)77(83,71-65-59-53-47-41-35-29-23-17-11-5)73(79)85-74(80)78(84,72-66-60-54-48-42-36-30-24-18-12-6)76(82,69-63-57-51-45-39-33-27-21-15-9-3)70-64-58-52-46-40-34-28-22-16-10-4/h81-84H,7-72H2,1-6H3. The summed E-state index contributed by atoms with van der Waals surface area (Å²) in [4.78, 5) is 30.7. The molecule has 2 unspecified atom stereocenters. The zero-order valence-electron chi connectivity index (χ0n) is 58.7. The highest BCUT2D eigenvalue weighted by atomic mass is 16.6. The van der Waals surface area contributed by atoms with Gasteiger partial charge in [0.15, 0.2) is 11.2 Å². The summed E-state index contributed by atoms with van der Waals surface area (Å²) >= 11 is 0.